The Morgan fingerprint density at radius 3 is 2.36 bits per heavy atom. The lowest BCUT2D eigenvalue weighted by molar-refractivity contribution is -0.385. The van der Waals surface area contributed by atoms with Crippen molar-refractivity contribution in [2.75, 3.05) is 13.7 Å². The number of carbonyl (C=O) groups excluding carboxylic acids is 2. The Hall–Kier alpha value is -3.92. The van der Waals surface area contributed by atoms with Crippen LogP contribution in [0.15, 0.2) is 77.3 Å². The number of carbonyl (C=O) groups is 2. The first-order valence-electron chi connectivity index (χ1n) is 12.5. The van der Waals surface area contributed by atoms with Crippen LogP contribution >= 0.6 is 15.9 Å². The van der Waals surface area contributed by atoms with Crippen LogP contribution in [0.5, 0.6) is 11.5 Å². The fourth-order valence-corrected chi connectivity index (χ4v) is 4.17. The predicted octanol–water partition coefficient (Wildman–Crippen LogP) is 5.30. The minimum Gasteiger partial charge on any atom is -0.490 e. The van der Waals surface area contributed by atoms with Gasteiger partial charge in [0.05, 0.1) is 12.0 Å². The molecular formula is C29H32BrN3O6. The number of rotatable bonds is 13. The number of amides is 2. The van der Waals surface area contributed by atoms with Crippen molar-refractivity contribution in [1.82, 2.24) is 10.2 Å². The number of ether oxygens (including phenoxy) is 2. The van der Waals surface area contributed by atoms with E-state index in [4.69, 9.17) is 9.47 Å². The highest BCUT2D eigenvalue weighted by Crippen LogP contribution is 2.31. The maximum Gasteiger partial charge on any atom is 0.311 e. The van der Waals surface area contributed by atoms with Gasteiger partial charge in [-0.05, 0) is 42.7 Å². The maximum atomic E-state index is 13.7. The summed E-state index contributed by atoms with van der Waals surface area (Å²) >= 11 is 3.43. The Bertz CT molecular complexity index is 1270. The predicted molar refractivity (Wildman–Crippen MR) is 152 cm³/mol. The number of halogens is 1. The fraction of sp³-hybridized carbons (Fsp3) is 0.310. The van der Waals surface area contributed by atoms with E-state index in [0.29, 0.717) is 6.42 Å². The summed E-state index contributed by atoms with van der Waals surface area (Å²) in [5.41, 5.74) is 1.55. The van der Waals surface area contributed by atoms with Crippen LogP contribution in [-0.4, -0.2) is 47.4 Å². The lowest BCUT2D eigenvalue weighted by atomic mass is 10.0. The maximum absolute atomic E-state index is 13.7. The van der Waals surface area contributed by atoms with E-state index in [0.717, 1.165) is 22.0 Å². The van der Waals surface area contributed by atoms with Crippen molar-refractivity contribution in [1.29, 1.82) is 0 Å². The van der Waals surface area contributed by atoms with Crippen molar-refractivity contribution in [3.8, 4) is 11.5 Å². The summed E-state index contributed by atoms with van der Waals surface area (Å²) in [6.07, 6.45) is 1.06. The van der Waals surface area contributed by atoms with Crippen molar-refractivity contribution < 1.29 is 24.0 Å². The van der Waals surface area contributed by atoms with Crippen molar-refractivity contribution in [2.24, 2.45) is 0 Å². The van der Waals surface area contributed by atoms with Crippen molar-refractivity contribution in [2.45, 2.75) is 45.3 Å². The van der Waals surface area contributed by atoms with Crippen LogP contribution in [0.2, 0.25) is 0 Å². The molecule has 0 aliphatic heterocycles. The zero-order chi connectivity index (χ0) is 28.4. The fourth-order valence-electron chi connectivity index (χ4n) is 3.91. The van der Waals surface area contributed by atoms with E-state index < -0.39 is 16.9 Å². The van der Waals surface area contributed by atoms with Gasteiger partial charge >= 0.3 is 5.69 Å². The largest absolute Gasteiger partial charge is 0.490 e. The van der Waals surface area contributed by atoms with Crippen molar-refractivity contribution >= 4 is 33.4 Å². The van der Waals surface area contributed by atoms with Gasteiger partial charge in [-0.2, -0.15) is 0 Å². The molecule has 0 aliphatic rings. The van der Waals surface area contributed by atoms with E-state index in [2.05, 4.69) is 21.2 Å². The summed E-state index contributed by atoms with van der Waals surface area (Å²) in [4.78, 5) is 39.4. The molecule has 0 fully saturated rings. The van der Waals surface area contributed by atoms with Gasteiger partial charge in [-0.3, -0.25) is 19.7 Å². The second-order valence-electron chi connectivity index (χ2n) is 9.05. The molecule has 3 aromatic carbocycles. The topological polar surface area (TPSA) is 111 Å². The average molecular weight is 598 g/mol. The number of nitrogens with zero attached hydrogens (tertiary/aromatic N) is 2. The molecule has 9 nitrogen and oxygen atoms in total. The molecule has 3 aromatic rings. The van der Waals surface area contributed by atoms with Gasteiger partial charge in [0.25, 0.3) is 5.91 Å². The van der Waals surface area contributed by atoms with E-state index >= 15 is 0 Å². The lowest BCUT2D eigenvalue weighted by Crippen LogP contribution is -2.53. The number of nitro groups is 1. The quantitative estimate of drug-likeness (QED) is 0.211. The van der Waals surface area contributed by atoms with Gasteiger partial charge < -0.3 is 19.7 Å². The average Bonchev–Trinajstić information content (AvgIpc) is 2.94. The second-order valence-corrected chi connectivity index (χ2v) is 9.97. The van der Waals surface area contributed by atoms with E-state index in [9.17, 15) is 19.7 Å². The lowest BCUT2D eigenvalue weighted by Gasteiger charge is -2.32. The van der Waals surface area contributed by atoms with Gasteiger partial charge in [0.2, 0.25) is 11.7 Å². The van der Waals surface area contributed by atoms with Crippen LogP contribution in [0.4, 0.5) is 5.69 Å². The zero-order valence-electron chi connectivity index (χ0n) is 22.1. The first-order valence-corrected chi connectivity index (χ1v) is 13.3. The van der Waals surface area contributed by atoms with E-state index in [-0.39, 0.29) is 42.3 Å². The molecule has 0 spiro atoms. The summed E-state index contributed by atoms with van der Waals surface area (Å²) in [7, 11) is 1.32. The molecule has 1 N–H and O–H groups in total. The summed E-state index contributed by atoms with van der Waals surface area (Å²) in [6.45, 7) is 3.71. The SMILES string of the molecule is CC[C@H](C)NC(=O)[C@H](Cc1ccccc1)N(Cc1ccc(Br)cc1)C(=O)COc1ccc([N+](=O)[O-])c(OC)c1. The van der Waals surface area contributed by atoms with E-state index in [1.165, 1.54) is 30.2 Å². The molecule has 0 unspecified atom stereocenters. The normalized spacial score (nSPS) is 12.2. The molecule has 0 aromatic heterocycles. The molecule has 2 atom stereocenters. The molecular weight excluding hydrogens is 566 g/mol. The minimum atomic E-state index is -0.799. The molecule has 0 bridgehead atoms. The molecule has 39 heavy (non-hydrogen) atoms. The second kappa shape index (κ2) is 14.3. The smallest absolute Gasteiger partial charge is 0.311 e. The Kier molecular flexibility index (Phi) is 10.9. The molecule has 0 saturated carbocycles. The number of hydrogen-bond donors (Lipinski definition) is 1. The Balaban J connectivity index is 1.91. The molecule has 0 heterocycles. The first kappa shape index (κ1) is 29.6. The van der Waals surface area contributed by atoms with E-state index in [1.54, 1.807) is 0 Å². The number of hydrogen-bond acceptors (Lipinski definition) is 6. The van der Waals surface area contributed by atoms with Gasteiger partial charge in [-0.25, -0.2) is 0 Å². The summed E-state index contributed by atoms with van der Waals surface area (Å²) in [6, 6.07) is 20.2. The number of methoxy groups -OCH3 is 1. The third-order valence-electron chi connectivity index (χ3n) is 6.25. The Labute approximate surface area is 236 Å². The van der Waals surface area contributed by atoms with E-state index in [1.807, 2.05) is 68.4 Å². The third-order valence-corrected chi connectivity index (χ3v) is 6.78. The summed E-state index contributed by atoms with van der Waals surface area (Å²) in [5, 5.41) is 14.2. The highest BCUT2D eigenvalue weighted by atomic mass is 79.9. The van der Waals surface area contributed by atoms with Crippen LogP contribution < -0.4 is 14.8 Å². The molecule has 10 heteroatoms. The van der Waals surface area contributed by atoms with Crippen LogP contribution in [0, 0.1) is 10.1 Å². The van der Waals surface area contributed by atoms with Gasteiger partial charge in [0, 0.05) is 35.6 Å². The van der Waals surface area contributed by atoms with Crippen LogP contribution in [0.1, 0.15) is 31.4 Å². The molecule has 0 radical (unpaired) electrons. The van der Waals surface area contributed by atoms with Crippen LogP contribution in [-0.2, 0) is 22.6 Å². The summed E-state index contributed by atoms with van der Waals surface area (Å²) in [5.74, 6) is -0.407. The highest BCUT2D eigenvalue weighted by molar-refractivity contribution is 9.10. The number of benzene rings is 3. The molecule has 2 amide bonds. The zero-order valence-corrected chi connectivity index (χ0v) is 23.7. The van der Waals surface area contributed by atoms with Gasteiger partial charge in [0.15, 0.2) is 6.61 Å². The van der Waals surface area contributed by atoms with Crippen LogP contribution in [0.3, 0.4) is 0 Å². The summed E-state index contributed by atoms with van der Waals surface area (Å²) < 4.78 is 11.7. The number of nitrogens with one attached hydrogen (secondary N) is 1. The Morgan fingerprint density at radius 1 is 1.05 bits per heavy atom. The van der Waals surface area contributed by atoms with Crippen LogP contribution in [0.25, 0.3) is 0 Å². The first-order chi connectivity index (χ1) is 18.7. The minimum absolute atomic E-state index is 0.0200. The van der Waals surface area contributed by atoms with Gasteiger partial charge in [-0.1, -0.05) is 65.3 Å². The van der Waals surface area contributed by atoms with Gasteiger partial charge in [-0.15, -0.1) is 0 Å². The molecule has 0 aliphatic carbocycles. The monoisotopic (exact) mass is 597 g/mol. The van der Waals surface area contributed by atoms with Gasteiger partial charge in [0.1, 0.15) is 11.8 Å². The standard InChI is InChI=1S/C29H32BrN3O6/c1-4-20(2)31-29(35)26(16-21-8-6-5-7-9-21)32(18-22-10-12-23(30)13-11-22)28(34)19-39-24-14-15-25(33(36)37)27(17-24)38-3/h5-15,17,20,26H,4,16,18-19H2,1-3H3,(H,31,35)/t20-,26-/m0/s1. The molecule has 3 rings (SSSR count). The highest BCUT2D eigenvalue weighted by Gasteiger charge is 2.31. The van der Waals surface area contributed by atoms with Crippen molar-refractivity contribution in [3.63, 3.8) is 0 Å². The van der Waals surface area contributed by atoms with Crippen molar-refractivity contribution in [3.05, 3.63) is 98.5 Å². The molecule has 206 valence electrons. The third kappa shape index (κ3) is 8.54. The Morgan fingerprint density at radius 2 is 1.74 bits per heavy atom. The number of nitro benzene ring substituents is 1. The molecule has 0 saturated heterocycles.